The Labute approximate surface area is 139 Å². The number of aromatic nitrogens is 1. The van der Waals surface area contributed by atoms with Crippen molar-refractivity contribution in [3.63, 3.8) is 0 Å². The van der Waals surface area contributed by atoms with Gasteiger partial charge in [0, 0.05) is 12.7 Å². The largest absolute Gasteiger partial charge is 0.492 e. The second kappa shape index (κ2) is 6.12. The number of anilines is 1. The monoisotopic (exact) mass is 348 g/mol. The van der Waals surface area contributed by atoms with Crippen LogP contribution in [0.15, 0.2) is 41.6 Å². The zero-order chi connectivity index (χ0) is 17.3. The van der Waals surface area contributed by atoms with Gasteiger partial charge in [0.1, 0.15) is 10.6 Å². The predicted molar refractivity (Wildman–Crippen MR) is 87.0 cm³/mol. The smallest absolute Gasteiger partial charge is 0.337 e. The minimum Gasteiger partial charge on any atom is -0.492 e. The Balaban J connectivity index is 2.14. The van der Waals surface area contributed by atoms with Crippen LogP contribution in [-0.2, 0) is 16.4 Å². The van der Waals surface area contributed by atoms with Gasteiger partial charge in [-0.05, 0) is 31.0 Å². The lowest BCUT2D eigenvalue weighted by Gasteiger charge is -2.22. The standard InChI is InChI=1S/C16H16N2O5S/c1-2-23-13-6-8-17-10-14(13)24(21,22)18-9-7-11-4-3-5-12(15(11)18)16(19)20/h3-6,8,10H,2,7,9H2,1H3,(H,19,20). The zero-order valence-electron chi connectivity index (χ0n) is 13.0. The maximum Gasteiger partial charge on any atom is 0.337 e. The van der Waals surface area contributed by atoms with Crippen LogP contribution in [0.2, 0.25) is 0 Å². The maximum absolute atomic E-state index is 13.1. The molecule has 1 aromatic carbocycles. The van der Waals surface area contributed by atoms with Crippen molar-refractivity contribution in [2.24, 2.45) is 0 Å². The molecule has 1 aliphatic rings. The number of hydrogen-bond acceptors (Lipinski definition) is 5. The SMILES string of the molecule is CCOc1ccncc1S(=O)(=O)N1CCc2cccc(C(=O)O)c21. The number of hydrogen-bond donors (Lipinski definition) is 1. The van der Waals surface area contributed by atoms with E-state index in [4.69, 9.17) is 4.74 Å². The number of nitrogens with zero attached hydrogens (tertiary/aromatic N) is 2. The highest BCUT2D eigenvalue weighted by Crippen LogP contribution is 2.37. The molecule has 0 bridgehead atoms. The number of fused-ring (bicyclic) bond motifs is 1. The highest BCUT2D eigenvalue weighted by atomic mass is 32.2. The first-order valence-corrected chi connectivity index (χ1v) is 8.85. The van der Waals surface area contributed by atoms with Crippen LogP contribution in [0, 0.1) is 0 Å². The first kappa shape index (κ1) is 16.3. The first-order chi connectivity index (χ1) is 11.5. The molecule has 1 aromatic heterocycles. The van der Waals surface area contributed by atoms with E-state index in [2.05, 4.69) is 4.98 Å². The summed E-state index contributed by atoms with van der Waals surface area (Å²) in [5.74, 6) is -0.959. The fourth-order valence-corrected chi connectivity index (χ4v) is 4.39. The number of sulfonamides is 1. The Bertz CT molecular complexity index is 895. The molecule has 1 N–H and O–H groups in total. The molecule has 2 aromatic rings. The third kappa shape index (κ3) is 2.58. The molecule has 0 atom stereocenters. The summed E-state index contributed by atoms with van der Waals surface area (Å²) >= 11 is 0. The Morgan fingerprint density at radius 2 is 2.17 bits per heavy atom. The summed E-state index contributed by atoms with van der Waals surface area (Å²) in [6.45, 7) is 2.25. The molecule has 0 unspecified atom stereocenters. The van der Waals surface area contributed by atoms with Crippen LogP contribution < -0.4 is 9.04 Å². The average molecular weight is 348 g/mol. The van der Waals surface area contributed by atoms with Crippen molar-refractivity contribution >= 4 is 21.7 Å². The van der Waals surface area contributed by atoms with Crippen LogP contribution in [0.25, 0.3) is 0 Å². The third-order valence-electron chi connectivity index (χ3n) is 3.80. The fraction of sp³-hybridized carbons (Fsp3) is 0.250. The number of ether oxygens (including phenoxy) is 1. The summed E-state index contributed by atoms with van der Waals surface area (Å²) in [4.78, 5) is 15.3. The molecule has 1 aliphatic heterocycles. The lowest BCUT2D eigenvalue weighted by atomic mass is 10.1. The van der Waals surface area contributed by atoms with Crippen LogP contribution in [0.4, 0.5) is 5.69 Å². The maximum atomic E-state index is 13.1. The Hall–Kier alpha value is -2.61. The van der Waals surface area contributed by atoms with E-state index in [1.165, 1.54) is 24.5 Å². The zero-order valence-corrected chi connectivity index (χ0v) is 13.8. The van der Waals surface area contributed by atoms with E-state index in [9.17, 15) is 18.3 Å². The van der Waals surface area contributed by atoms with E-state index in [0.717, 1.165) is 4.31 Å². The van der Waals surface area contributed by atoms with Crippen molar-refractivity contribution < 1.29 is 23.1 Å². The van der Waals surface area contributed by atoms with Crippen LogP contribution in [0.1, 0.15) is 22.8 Å². The molecule has 0 fully saturated rings. The highest BCUT2D eigenvalue weighted by Gasteiger charge is 2.36. The number of aromatic carboxylic acids is 1. The van der Waals surface area contributed by atoms with Gasteiger partial charge in [-0.2, -0.15) is 0 Å². The summed E-state index contributed by atoms with van der Waals surface area (Å²) < 4.78 is 32.7. The van der Waals surface area contributed by atoms with Crippen molar-refractivity contribution in [1.29, 1.82) is 0 Å². The van der Waals surface area contributed by atoms with E-state index in [0.29, 0.717) is 18.6 Å². The summed E-state index contributed by atoms with van der Waals surface area (Å²) in [5, 5.41) is 9.38. The Morgan fingerprint density at radius 1 is 1.38 bits per heavy atom. The molecule has 3 rings (SSSR count). The second-order valence-electron chi connectivity index (χ2n) is 5.20. The summed E-state index contributed by atoms with van der Waals surface area (Å²) in [6, 6.07) is 6.25. The molecule has 24 heavy (non-hydrogen) atoms. The molecule has 0 aliphatic carbocycles. The van der Waals surface area contributed by atoms with Crippen molar-refractivity contribution in [3.8, 4) is 5.75 Å². The normalized spacial score (nSPS) is 13.6. The van der Waals surface area contributed by atoms with Crippen molar-refractivity contribution in [1.82, 2.24) is 4.98 Å². The van der Waals surface area contributed by atoms with Gasteiger partial charge in [0.05, 0.1) is 24.1 Å². The van der Waals surface area contributed by atoms with E-state index in [1.54, 1.807) is 19.1 Å². The topological polar surface area (TPSA) is 96.8 Å². The van der Waals surface area contributed by atoms with Crippen LogP contribution in [0.5, 0.6) is 5.75 Å². The van der Waals surface area contributed by atoms with E-state index >= 15 is 0 Å². The van der Waals surface area contributed by atoms with E-state index in [1.807, 2.05) is 0 Å². The molecule has 0 amide bonds. The third-order valence-corrected chi connectivity index (χ3v) is 5.61. The van der Waals surface area contributed by atoms with Crippen LogP contribution in [0.3, 0.4) is 0 Å². The number of carboxylic acid groups (broad SMARTS) is 1. The number of benzene rings is 1. The molecular weight excluding hydrogens is 332 g/mol. The number of para-hydroxylation sites is 1. The molecule has 126 valence electrons. The van der Waals surface area contributed by atoms with E-state index < -0.39 is 16.0 Å². The summed E-state index contributed by atoms with van der Waals surface area (Å²) in [7, 11) is -3.98. The van der Waals surface area contributed by atoms with E-state index in [-0.39, 0.29) is 28.4 Å². The molecule has 2 heterocycles. The first-order valence-electron chi connectivity index (χ1n) is 7.41. The van der Waals surface area contributed by atoms with Gasteiger partial charge in [-0.15, -0.1) is 0 Å². The van der Waals surface area contributed by atoms with Gasteiger partial charge in [0.15, 0.2) is 0 Å². The second-order valence-corrected chi connectivity index (χ2v) is 7.03. The number of carboxylic acids is 1. The minimum atomic E-state index is -3.98. The molecule has 0 radical (unpaired) electrons. The van der Waals surface area contributed by atoms with Gasteiger partial charge in [0.25, 0.3) is 10.0 Å². The van der Waals surface area contributed by atoms with Gasteiger partial charge in [-0.1, -0.05) is 12.1 Å². The van der Waals surface area contributed by atoms with Gasteiger partial charge < -0.3 is 9.84 Å². The fourth-order valence-electron chi connectivity index (χ4n) is 2.79. The lowest BCUT2D eigenvalue weighted by Crippen LogP contribution is -2.30. The van der Waals surface area contributed by atoms with Gasteiger partial charge in [0.2, 0.25) is 0 Å². The van der Waals surface area contributed by atoms with Crippen LogP contribution >= 0.6 is 0 Å². The average Bonchev–Trinajstić information content (AvgIpc) is 3.00. The number of rotatable bonds is 5. The number of pyridine rings is 1. The van der Waals surface area contributed by atoms with Crippen LogP contribution in [-0.4, -0.2) is 37.6 Å². The molecule has 8 heteroatoms. The molecule has 0 spiro atoms. The predicted octanol–water partition coefficient (Wildman–Crippen LogP) is 1.93. The van der Waals surface area contributed by atoms with Gasteiger partial charge in [-0.3, -0.25) is 9.29 Å². The summed E-state index contributed by atoms with van der Waals surface area (Å²) in [6.07, 6.45) is 3.13. The van der Waals surface area contributed by atoms with Gasteiger partial charge >= 0.3 is 5.97 Å². The summed E-state index contributed by atoms with van der Waals surface area (Å²) in [5.41, 5.74) is 0.882. The van der Waals surface area contributed by atoms with Gasteiger partial charge in [-0.25, -0.2) is 13.2 Å². The Kier molecular flexibility index (Phi) is 4.15. The quantitative estimate of drug-likeness (QED) is 0.887. The molecule has 7 nitrogen and oxygen atoms in total. The van der Waals surface area contributed by atoms with Crippen molar-refractivity contribution in [3.05, 3.63) is 47.8 Å². The Morgan fingerprint density at radius 3 is 2.88 bits per heavy atom. The van der Waals surface area contributed by atoms with Crippen molar-refractivity contribution in [2.75, 3.05) is 17.5 Å². The molecule has 0 saturated carbocycles. The lowest BCUT2D eigenvalue weighted by molar-refractivity contribution is 0.0698. The minimum absolute atomic E-state index is 0.0320. The number of carbonyl (C=O) groups is 1. The molecule has 0 saturated heterocycles. The molecular formula is C16H16N2O5S. The highest BCUT2D eigenvalue weighted by molar-refractivity contribution is 7.93. The van der Waals surface area contributed by atoms with Crippen molar-refractivity contribution in [2.45, 2.75) is 18.2 Å².